The van der Waals surface area contributed by atoms with Crippen molar-refractivity contribution < 1.29 is 30.3 Å². The van der Waals surface area contributed by atoms with Gasteiger partial charge in [-0.2, -0.15) is 8.42 Å². The molecule has 0 aliphatic carbocycles. The van der Waals surface area contributed by atoms with Gasteiger partial charge in [0.25, 0.3) is 15.7 Å². The van der Waals surface area contributed by atoms with E-state index in [0.29, 0.717) is 0 Å². The van der Waals surface area contributed by atoms with Crippen molar-refractivity contribution in [1.29, 1.82) is 0 Å². The van der Waals surface area contributed by atoms with Gasteiger partial charge in [-0.3, -0.25) is 14.0 Å². The van der Waals surface area contributed by atoms with Gasteiger partial charge < -0.3 is 22.7 Å². The van der Waals surface area contributed by atoms with E-state index in [1.165, 1.54) is 6.20 Å². The lowest BCUT2D eigenvalue weighted by molar-refractivity contribution is -0.0391. The van der Waals surface area contributed by atoms with E-state index >= 15 is 0 Å². The third kappa shape index (κ3) is 5.50. The lowest BCUT2D eigenvalue weighted by Gasteiger charge is -2.51. The Morgan fingerprint density at radius 3 is 2.00 bits per heavy atom. The molecule has 1 aromatic heterocycles. The molecule has 14 heteroatoms. The summed E-state index contributed by atoms with van der Waals surface area (Å²) in [5.41, 5.74) is -1.11. The number of H-pyrrole nitrogens is 2. The number of hydrogen-bond donors (Lipinski definition) is 2. The molecule has 0 aromatic carbocycles. The van der Waals surface area contributed by atoms with Crippen LogP contribution in [0.25, 0.3) is 0 Å². The average Bonchev–Trinajstić information content (AvgIpc) is 3.01. The number of nitrogens with one attached hydrogen (secondary N) is 2. The molecule has 4 atom stereocenters. The molecule has 0 unspecified atom stereocenters. The molecule has 0 amide bonds. The van der Waals surface area contributed by atoms with Crippen LogP contribution in [-0.2, 0) is 32.0 Å². The summed E-state index contributed by atoms with van der Waals surface area (Å²) in [4.78, 5) is 28.9. The molecule has 3 heterocycles. The monoisotopic (exact) mass is 564 g/mol. The molecule has 1 aromatic rings. The number of aromatic amines is 2. The topological polar surface area (TPSA) is 146 Å². The van der Waals surface area contributed by atoms with E-state index in [-0.39, 0.29) is 34.3 Å². The Morgan fingerprint density at radius 1 is 0.972 bits per heavy atom. The quantitative estimate of drug-likeness (QED) is 0.377. The highest BCUT2D eigenvalue weighted by Gasteiger charge is 2.62. The van der Waals surface area contributed by atoms with Gasteiger partial charge >= 0.3 is 22.8 Å². The second kappa shape index (κ2) is 10.6. The Labute approximate surface area is 214 Å². The smallest absolute Gasteiger partial charge is 0.335 e. The Morgan fingerprint density at radius 2 is 1.53 bits per heavy atom. The van der Waals surface area contributed by atoms with Gasteiger partial charge in [-0.25, -0.2) is 4.79 Å². The molecular formula is C22H40N2O9SSi2. The summed E-state index contributed by atoms with van der Waals surface area (Å²) in [5.74, 6) is 0. The minimum Gasteiger partial charge on any atom is -0.414 e. The number of aromatic nitrogens is 2. The predicted octanol–water partition coefficient (Wildman–Crippen LogP) is 2.80. The van der Waals surface area contributed by atoms with Gasteiger partial charge in [0, 0.05) is 6.20 Å². The van der Waals surface area contributed by atoms with Crippen LogP contribution in [0.1, 0.15) is 67.1 Å². The number of ether oxygens (including phenoxy) is 1. The summed E-state index contributed by atoms with van der Waals surface area (Å²) < 4.78 is 57.2. The van der Waals surface area contributed by atoms with Crippen molar-refractivity contribution in [2.75, 3.05) is 12.9 Å². The summed E-state index contributed by atoms with van der Waals surface area (Å²) in [6.45, 7) is 16.7. The van der Waals surface area contributed by atoms with E-state index in [1.54, 1.807) is 0 Å². The standard InChI is InChI=1S/C22H40N2O9SSi2/c1-12(2)35(13(3)4)29-11-17-19(32-36(33-35,14(5)6)15(7)8)20(31-34(9,27)28)18(30-17)16-10-23-22(26)24-21(16)25/h10,12-15,17-20H,11H2,1-9H3,(H2,23,24,25,26)/t17-,18+,19-,20+/m1/s1. The molecule has 2 saturated heterocycles. The van der Waals surface area contributed by atoms with E-state index < -0.39 is 62.9 Å². The number of fused-ring (bicyclic) bond motifs is 1. The van der Waals surface area contributed by atoms with Crippen LogP contribution in [0.3, 0.4) is 0 Å². The summed E-state index contributed by atoms with van der Waals surface area (Å²) in [6, 6.07) is 0. The zero-order chi connectivity index (χ0) is 27.2. The Balaban J connectivity index is 2.20. The van der Waals surface area contributed by atoms with Crippen LogP contribution < -0.4 is 11.2 Å². The summed E-state index contributed by atoms with van der Waals surface area (Å²) in [6.07, 6.45) is -1.73. The van der Waals surface area contributed by atoms with Gasteiger partial charge in [0.2, 0.25) is 0 Å². The molecule has 0 bridgehead atoms. The Kier molecular flexibility index (Phi) is 8.63. The van der Waals surface area contributed by atoms with Crippen LogP contribution >= 0.6 is 0 Å². The first-order valence-electron chi connectivity index (χ1n) is 12.4. The molecule has 0 spiro atoms. The molecule has 0 saturated carbocycles. The van der Waals surface area contributed by atoms with Crippen molar-refractivity contribution in [2.24, 2.45) is 0 Å². The highest BCUT2D eigenvalue weighted by molar-refractivity contribution is 7.86. The molecule has 36 heavy (non-hydrogen) atoms. The van der Waals surface area contributed by atoms with Crippen LogP contribution in [0.15, 0.2) is 15.8 Å². The minimum absolute atomic E-state index is 0.00126. The van der Waals surface area contributed by atoms with E-state index in [4.69, 9.17) is 21.9 Å². The van der Waals surface area contributed by atoms with Gasteiger partial charge in [0.05, 0.1) is 18.4 Å². The maximum Gasteiger partial charge on any atom is 0.335 e. The van der Waals surface area contributed by atoms with Gasteiger partial charge in [-0.1, -0.05) is 55.4 Å². The van der Waals surface area contributed by atoms with Crippen LogP contribution in [0, 0.1) is 0 Å². The minimum atomic E-state index is -3.97. The van der Waals surface area contributed by atoms with Crippen LogP contribution in [0.4, 0.5) is 0 Å². The first kappa shape index (κ1) is 29.4. The fraction of sp³-hybridized carbons (Fsp3) is 0.818. The Hall–Kier alpha value is -1.14. The second-order valence-corrected chi connectivity index (χ2v) is 21.4. The zero-order valence-electron chi connectivity index (χ0n) is 22.5. The second-order valence-electron chi connectivity index (χ2n) is 10.9. The number of rotatable bonds is 7. The molecule has 2 aliphatic heterocycles. The first-order valence-corrected chi connectivity index (χ1v) is 18.2. The van der Waals surface area contributed by atoms with Crippen molar-refractivity contribution in [1.82, 2.24) is 9.97 Å². The zero-order valence-corrected chi connectivity index (χ0v) is 25.3. The van der Waals surface area contributed by atoms with Crippen LogP contribution in [0.2, 0.25) is 22.2 Å². The molecular weight excluding hydrogens is 524 g/mol. The fourth-order valence-electron chi connectivity index (χ4n) is 5.33. The van der Waals surface area contributed by atoms with E-state index in [2.05, 4.69) is 65.4 Å². The summed E-state index contributed by atoms with van der Waals surface area (Å²) in [7, 11) is -9.92. The van der Waals surface area contributed by atoms with Crippen molar-refractivity contribution in [3.63, 3.8) is 0 Å². The lowest BCUT2D eigenvalue weighted by atomic mass is 10.0. The molecule has 0 radical (unpaired) electrons. The van der Waals surface area contributed by atoms with Gasteiger partial charge in [-0.05, 0) is 22.2 Å². The molecule has 11 nitrogen and oxygen atoms in total. The lowest BCUT2D eigenvalue weighted by Crippen LogP contribution is -2.66. The first-order chi connectivity index (χ1) is 16.5. The molecule has 2 fully saturated rings. The van der Waals surface area contributed by atoms with Gasteiger partial charge in [0.15, 0.2) is 0 Å². The highest BCUT2D eigenvalue weighted by Crippen LogP contribution is 2.49. The number of hydrogen-bond acceptors (Lipinski definition) is 9. The van der Waals surface area contributed by atoms with Crippen molar-refractivity contribution in [3.05, 3.63) is 32.6 Å². The fourth-order valence-corrected chi connectivity index (χ4v) is 17.2. The van der Waals surface area contributed by atoms with Crippen molar-refractivity contribution in [2.45, 2.75) is 102 Å². The Bertz CT molecular complexity index is 1130. The molecule has 206 valence electrons. The molecule has 3 rings (SSSR count). The molecule has 2 aliphatic rings. The van der Waals surface area contributed by atoms with E-state index in [0.717, 1.165) is 6.26 Å². The van der Waals surface area contributed by atoms with Gasteiger partial charge in [-0.15, -0.1) is 0 Å². The maximum absolute atomic E-state index is 12.7. The molecule has 2 N–H and O–H groups in total. The third-order valence-electron chi connectivity index (χ3n) is 7.08. The maximum atomic E-state index is 12.7. The average molecular weight is 565 g/mol. The van der Waals surface area contributed by atoms with Gasteiger partial charge in [0.1, 0.15) is 24.4 Å². The van der Waals surface area contributed by atoms with E-state index in [1.807, 2.05) is 0 Å². The highest BCUT2D eigenvalue weighted by atomic mass is 32.2. The largest absolute Gasteiger partial charge is 0.414 e. The summed E-state index contributed by atoms with van der Waals surface area (Å²) in [5, 5.41) is 0. The van der Waals surface area contributed by atoms with Crippen LogP contribution in [-0.4, -0.2) is 66.7 Å². The van der Waals surface area contributed by atoms with E-state index in [9.17, 15) is 18.0 Å². The normalized spacial score (nSPS) is 28.5. The van der Waals surface area contributed by atoms with Crippen molar-refractivity contribution >= 4 is 27.2 Å². The SMILES string of the molecule is CC(C)[Si]1(C(C)C)OC[C@H]2O[C@@H](c3c[nH]c(=O)[nH]c3=O)[C@H](OS(C)(=O)=O)[C@@H]2O[Si](C(C)C)(C(C)C)O1. The summed E-state index contributed by atoms with van der Waals surface area (Å²) >= 11 is 0. The van der Waals surface area contributed by atoms with Crippen LogP contribution in [0.5, 0.6) is 0 Å². The predicted molar refractivity (Wildman–Crippen MR) is 139 cm³/mol. The van der Waals surface area contributed by atoms with Crippen molar-refractivity contribution in [3.8, 4) is 0 Å². The third-order valence-corrected chi connectivity index (χ3v) is 17.9.